The Morgan fingerprint density at radius 2 is 2.16 bits per heavy atom. The molecule has 3 aromatic rings. The van der Waals surface area contributed by atoms with Crippen LogP contribution in [0.15, 0.2) is 28.9 Å². The van der Waals surface area contributed by atoms with Crippen LogP contribution in [0.1, 0.15) is 46.3 Å². The quantitative estimate of drug-likeness (QED) is 0.720. The molecule has 6 heteroatoms. The van der Waals surface area contributed by atoms with E-state index in [1.807, 2.05) is 48.6 Å². The topological polar surface area (TPSA) is 64.2 Å². The van der Waals surface area contributed by atoms with Gasteiger partial charge in [0.25, 0.3) is 5.91 Å². The van der Waals surface area contributed by atoms with Crippen LogP contribution in [-0.4, -0.2) is 38.7 Å². The van der Waals surface area contributed by atoms with Gasteiger partial charge < -0.3 is 13.9 Å². The first-order valence-corrected chi connectivity index (χ1v) is 8.67. The van der Waals surface area contributed by atoms with Gasteiger partial charge in [0.2, 0.25) is 0 Å². The second kappa shape index (κ2) is 6.02. The number of carbonyl (C=O) groups is 1. The molecular formula is C19H22N4O2. The van der Waals surface area contributed by atoms with Gasteiger partial charge in [0.1, 0.15) is 17.7 Å². The number of nitrogens with zero attached hydrogens (tertiary/aromatic N) is 4. The molecule has 1 saturated heterocycles. The van der Waals surface area contributed by atoms with Crippen LogP contribution in [0.5, 0.6) is 0 Å². The van der Waals surface area contributed by atoms with E-state index >= 15 is 0 Å². The average molecular weight is 338 g/mol. The third-order valence-electron chi connectivity index (χ3n) is 5.11. The van der Waals surface area contributed by atoms with Gasteiger partial charge >= 0.3 is 0 Å². The molecule has 1 atom stereocenters. The van der Waals surface area contributed by atoms with Crippen LogP contribution in [0, 0.1) is 13.8 Å². The Bertz CT molecular complexity index is 940. The fourth-order valence-corrected chi connectivity index (χ4v) is 3.71. The molecule has 4 rings (SSSR count). The highest BCUT2D eigenvalue weighted by Crippen LogP contribution is 2.30. The Morgan fingerprint density at radius 3 is 2.92 bits per heavy atom. The highest BCUT2D eigenvalue weighted by atomic mass is 16.3. The predicted molar refractivity (Wildman–Crippen MR) is 94.6 cm³/mol. The lowest BCUT2D eigenvalue weighted by molar-refractivity contribution is 0.0672. The summed E-state index contributed by atoms with van der Waals surface area (Å²) in [5.74, 6) is 1.59. The van der Waals surface area contributed by atoms with Crippen molar-refractivity contribution in [2.45, 2.75) is 32.6 Å². The van der Waals surface area contributed by atoms with Crippen molar-refractivity contribution < 1.29 is 9.21 Å². The van der Waals surface area contributed by atoms with Gasteiger partial charge in [-0.05, 0) is 38.3 Å². The van der Waals surface area contributed by atoms with Crippen molar-refractivity contribution in [2.24, 2.45) is 7.05 Å². The summed E-state index contributed by atoms with van der Waals surface area (Å²) in [6.07, 6.45) is 3.69. The molecule has 130 valence electrons. The van der Waals surface area contributed by atoms with Crippen molar-refractivity contribution >= 4 is 16.9 Å². The largest absolute Gasteiger partial charge is 0.451 e. The number of hydrogen-bond donors (Lipinski definition) is 0. The zero-order valence-electron chi connectivity index (χ0n) is 14.8. The SMILES string of the molecule is Cc1ccc2c(C)c(C(=O)N3CCC[C@H](c4nncn4C)C3)oc2c1. The highest BCUT2D eigenvalue weighted by molar-refractivity contribution is 5.99. The molecule has 0 radical (unpaired) electrons. The standard InChI is InChI=1S/C19H22N4O2/c1-12-6-7-15-13(2)17(25-16(15)9-12)19(24)23-8-4-5-14(10-23)18-21-20-11-22(18)3/h6-7,9,11,14H,4-5,8,10H2,1-3H3/t14-/m0/s1. The Kier molecular flexibility index (Phi) is 3.82. The summed E-state index contributed by atoms with van der Waals surface area (Å²) in [5, 5.41) is 9.20. The number of benzene rings is 1. The van der Waals surface area contributed by atoms with E-state index in [-0.39, 0.29) is 11.8 Å². The van der Waals surface area contributed by atoms with Crippen LogP contribution < -0.4 is 0 Å². The van der Waals surface area contributed by atoms with E-state index in [2.05, 4.69) is 10.2 Å². The molecule has 0 aliphatic carbocycles. The van der Waals surface area contributed by atoms with Crippen molar-refractivity contribution in [3.05, 3.63) is 47.2 Å². The maximum absolute atomic E-state index is 13.1. The fraction of sp³-hybridized carbons (Fsp3) is 0.421. The first-order chi connectivity index (χ1) is 12.0. The summed E-state index contributed by atoms with van der Waals surface area (Å²) in [6, 6.07) is 6.06. The van der Waals surface area contributed by atoms with Gasteiger partial charge in [-0.15, -0.1) is 10.2 Å². The molecule has 1 fully saturated rings. The van der Waals surface area contributed by atoms with Gasteiger partial charge in [-0.2, -0.15) is 0 Å². The molecule has 1 aliphatic rings. The first-order valence-electron chi connectivity index (χ1n) is 8.67. The number of furan rings is 1. The Labute approximate surface area is 146 Å². The van der Waals surface area contributed by atoms with Gasteiger partial charge in [-0.25, -0.2) is 0 Å². The molecular weight excluding hydrogens is 316 g/mol. The van der Waals surface area contributed by atoms with Gasteiger partial charge in [-0.3, -0.25) is 4.79 Å². The molecule has 1 aromatic carbocycles. The fourth-order valence-electron chi connectivity index (χ4n) is 3.71. The van der Waals surface area contributed by atoms with E-state index in [1.165, 1.54) is 0 Å². The molecule has 0 spiro atoms. The summed E-state index contributed by atoms with van der Waals surface area (Å²) in [6.45, 7) is 5.39. The number of carbonyl (C=O) groups excluding carboxylic acids is 1. The monoisotopic (exact) mass is 338 g/mol. The van der Waals surface area contributed by atoms with Crippen LogP contribution in [0.4, 0.5) is 0 Å². The first kappa shape index (κ1) is 15.9. The van der Waals surface area contributed by atoms with Crippen molar-refractivity contribution in [3.8, 4) is 0 Å². The van der Waals surface area contributed by atoms with E-state index in [0.717, 1.165) is 47.3 Å². The Hall–Kier alpha value is -2.63. The van der Waals surface area contributed by atoms with E-state index in [4.69, 9.17) is 4.42 Å². The number of amides is 1. The molecule has 3 heterocycles. The van der Waals surface area contributed by atoms with E-state index < -0.39 is 0 Å². The minimum atomic E-state index is -0.0294. The Balaban J connectivity index is 1.62. The number of rotatable bonds is 2. The zero-order chi connectivity index (χ0) is 17.6. The molecule has 0 bridgehead atoms. The second-order valence-corrected chi connectivity index (χ2v) is 6.95. The third kappa shape index (κ3) is 2.71. The third-order valence-corrected chi connectivity index (χ3v) is 5.11. The number of hydrogen-bond acceptors (Lipinski definition) is 4. The molecule has 1 aliphatic heterocycles. The average Bonchev–Trinajstić information content (AvgIpc) is 3.18. The van der Waals surface area contributed by atoms with Crippen LogP contribution in [-0.2, 0) is 7.05 Å². The summed E-state index contributed by atoms with van der Waals surface area (Å²) in [4.78, 5) is 15.0. The number of piperidine rings is 1. The molecule has 0 N–H and O–H groups in total. The van der Waals surface area contributed by atoms with Gasteiger partial charge in [0.15, 0.2) is 5.76 Å². The summed E-state index contributed by atoms with van der Waals surface area (Å²) in [5.41, 5.74) is 2.82. The summed E-state index contributed by atoms with van der Waals surface area (Å²) in [7, 11) is 1.95. The molecule has 0 unspecified atom stereocenters. The number of fused-ring (bicyclic) bond motifs is 1. The summed E-state index contributed by atoms with van der Waals surface area (Å²) >= 11 is 0. The van der Waals surface area contributed by atoms with Crippen LogP contribution in [0.25, 0.3) is 11.0 Å². The van der Waals surface area contributed by atoms with E-state index in [0.29, 0.717) is 12.3 Å². The van der Waals surface area contributed by atoms with Gasteiger partial charge in [0, 0.05) is 37.0 Å². The van der Waals surface area contributed by atoms with Gasteiger partial charge in [0.05, 0.1) is 0 Å². The van der Waals surface area contributed by atoms with Crippen molar-refractivity contribution in [2.75, 3.05) is 13.1 Å². The number of aromatic nitrogens is 3. The van der Waals surface area contributed by atoms with Crippen LogP contribution in [0.2, 0.25) is 0 Å². The maximum atomic E-state index is 13.1. The molecule has 1 amide bonds. The Morgan fingerprint density at radius 1 is 1.32 bits per heavy atom. The lowest BCUT2D eigenvalue weighted by Gasteiger charge is -2.31. The van der Waals surface area contributed by atoms with Crippen molar-refractivity contribution in [3.63, 3.8) is 0 Å². The molecule has 0 saturated carbocycles. The molecule has 25 heavy (non-hydrogen) atoms. The van der Waals surface area contributed by atoms with Crippen molar-refractivity contribution in [1.29, 1.82) is 0 Å². The van der Waals surface area contributed by atoms with Crippen LogP contribution >= 0.6 is 0 Å². The van der Waals surface area contributed by atoms with E-state index in [9.17, 15) is 4.79 Å². The predicted octanol–water partition coefficient (Wildman–Crippen LogP) is 3.20. The normalized spacial score (nSPS) is 18.0. The van der Waals surface area contributed by atoms with Crippen molar-refractivity contribution in [1.82, 2.24) is 19.7 Å². The minimum absolute atomic E-state index is 0.0294. The summed E-state index contributed by atoms with van der Waals surface area (Å²) < 4.78 is 7.86. The smallest absolute Gasteiger partial charge is 0.289 e. The number of aryl methyl sites for hydroxylation is 3. The van der Waals surface area contributed by atoms with E-state index in [1.54, 1.807) is 6.33 Å². The molecule has 2 aromatic heterocycles. The minimum Gasteiger partial charge on any atom is -0.451 e. The highest BCUT2D eigenvalue weighted by Gasteiger charge is 2.30. The lowest BCUT2D eigenvalue weighted by atomic mass is 9.96. The number of likely N-dealkylation sites (tertiary alicyclic amines) is 1. The van der Waals surface area contributed by atoms with Crippen LogP contribution in [0.3, 0.4) is 0 Å². The lowest BCUT2D eigenvalue weighted by Crippen LogP contribution is -2.39. The molecule has 6 nitrogen and oxygen atoms in total. The zero-order valence-corrected chi connectivity index (χ0v) is 14.8. The van der Waals surface area contributed by atoms with Gasteiger partial charge in [-0.1, -0.05) is 12.1 Å². The maximum Gasteiger partial charge on any atom is 0.289 e. The second-order valence-electron chi connectivity index (χ2n) is 6.95.